The Kier molecular flexibility index (Phi) is 6.33. The number of carbonyl (C=O) groups excluding carboxylic acids is 1. The Hall–Kier alpha value is -3.18. The summed E-state index contributed by atoms with van der Waals surface area (Å²) >= 11 is 5.69. The van der Waals surface area contributed by atoms with Crippen molar-refractivity contribution < 1.29 is 4.79 Å². The quantitative estimate of drug-likeness (QED) is 0.525. The fraction of sp³-hybridized carbons (Fsp3) is 0.231. The van der Waals surface area contributed by atoms with Gasteiger partial charge in [-0.1, -0.05) is 60.7 Å². The summed E-state index contributed by atoms with van der Waals surface area (Å²) in [6.45, 7) is 4.92. The largest absolute Gasteiger partial charge is 0.352 e. The molecule has 2 N–H and O–H groups in total. The van der Waals surface area contributed by atoms with Crippen molar-refractivity contribution in [2.24, 2.45) is 0 Å². The molecule has 4 rings (SSSR count). The predicted molar refractivity (Wildman–Crippen MR) is 132 cm³/mol. The minimum atomic E-state index is -0.0625. The minimum Gasteiger partial charge on any atom is -0.352 e. The lowest BCUT2D eigenvalue weighted by Gasteiger charge is -2.24. The molecular formula is C26H27N3OS. The van der Waals surface area contributed by atoms with E-state index in [0.29, 0.717) is 11.5 Å². The van der Waals surface area contributed by atoms with Crippen molar-refractivity contribution in [3.8, 4) is 0 Å². The Balaban J connectivity index is 1.56. The molecule has 5 heteroatoms. The smallest absolute Gasteiger partial charge is 0.227 e. The second-order valence-electron chi connectivity index (χ2n) is 7.95. The maximum atomic E-state index is 12.2. The van der Waals surface area contributed by atoms with Crippen molar-refractivity contribution in [2.45, 2.75) is 32.7 Å². The molecular weight excluding hydrogens is 402 g/mol. The molecule has 158 valence electrons. The van der Waals surface area contributed by atoms with Crippen molar-refractivity contribution in [2.75, 3.05) is 16.8 Å². The molecule has 1 heterocycles. The Morgan fingerprint density at radius 1 is 0.968 bits per heavy atom. The van der Waals surface area contributed by atoms with E-state index in [-0.39, 0.29) is 11.9 Å². The lowest BCUT2D eigenvalue weighted by atomic mass is 9.95. The van der Waals surface area contributed by atoms with Gasteiger partial charge in [0.05, 0.1) is 6.04 Å². The molecule has 31 heavy (non-hydrogen) atoms. The van der Waals surface area contributed by atoms with E-state index in [4.69, 9.17) is 12.2 Å². The third-order valence-electron chi connectivity index (χ3n) is 5.74. The lowest BCUT2D eigenvalue weighted by molar-refractivity contribution is -0.117. The highest BCUT2D eigenvalue weighted by atomic mass is 32.1. The first kappa shape index (κ1) is 21.1. The van der Waals surface area contributed by atoms with Crippen molar-refractivity contribution in [3.63, 3.8) is 0 Å². The first-order valence-corrected chi connectivity index (χ1v) is 11.0. The molecule has 0 bridgehead atoms. The molecule has 1 aliphatic heterocycles. The third kappa shape index (κ3) is 4.78. The van der Waals surface area contributed by atoms with Gasteiger partial charge < -0.3 is 15.5 Å². The van der Waals surface area contributed by atoms with E-state index in [1.54, 1.807) is 0 Å². The number of aryl methyl sites for hydroxylation is 2. The van der Waals surface area contributed by atoms with Gasteiger partial charge in [0.1, 0.15) is 0 Å². The van der Waals surface area contributed by atoms with Crippen LogP contribution in [0.4, 0.5) is 11.4 Å². The topological polar surface area (TPSA) is 44.4 Å². The Morgan fingerprint density at radius 2 is 1.71 bits per heavy atom. The minimum absolute atomic E-state index is 0.0625. The van der Waals surface area contributed by atoms with Gasteiger partial charge in [0.2, 0.25) is 5.91 Å². The van der Waals surface area contributed by atoms with E-state index >= 15 is 0 Å². The number of hydrogen-bond acceptors (Lipinski definition) is 2. The maximum absolute atomic E-state index is 12.2. The summed E-state index contributed by atoms with van der Waals surface area (Å²) in [5.74, 6) is 0.185. The van der Waals surface area contributed by atoms with Gasteiger partial charge in [0, 0.05) is 24.3 Å². The highest BCUT2D eigenvalue weighted by Crippen LogP contribution is 2.29. The predicted octanol–water partition coefficient (Wildman–Crippen LogP) is 5.51. The highest BCUT2D eigenvalue weighted by molar-refractivity contribution is 7.80. The van der Waals surface area contributed by atoms with Crippen LogP contribution in [0.3, 0.4) is 0 Å². The van der Waals surface area contributed by atoms with Gasteiger partial charge >= 0.3 is 0 Å². The SMILES string of the molecule is Cc1ccccc1C(NC(=S)Nc1ccc(C)c(N2CCCC2=O)c1)c1ccccc1. The van der Waals surface area contributed by atoms with Crippen LogP contribution in [0.25, 0.3) is 0 Å². The van der Waals surface area contributed by atoms with Gasteiger partial charge in [0.25, 0.3) is 0 Å². The molecule has 1 aliphatic rings. The summed E-state index contributed by atoms with van der Waals surface area (Å²) < 4.78 is 0. The van der Waals surface area contributed by atoms with Gasteiger partial charge in [-0.2, -0.15) is 0 Å². The van der Waals surface area contributed by atoms with Crippen LogP contribution in [-0.4, -0.2) is 17.6 Å². The third-order valence-corrected chi connectivity index (χ3v) is 5.96. The maximum Gasteiger partial charge on any atom is 0.227 e. The number of thiocarbonyl (C=S) groups is 1. The molecule has 0 saturated carbocycles. The van der Waals surface area contributed by atoms with Gasteiger partial charge in [-0.3, -0.25) is 4.79 Å². The van der Waals surface area contributed by atoms with Crippen molar-refractivity contribution in [1.82, 2.24) is 5.32 Å². The summed E-state index contributed by atoms with van der Waals surface area (Å²) in [5, 5.41) is 7.35. The van der Waals surface area contributed by atoms with Crippen LogP contribution in [0, 0.1) is 13.8 Å². The van der Waals surface area contributed by atoms with Crippen LogP contribution in [0.1, 0.15) is 41.1 Å². The lowest BCUT2D eigenvalue weighted by Crippen LogP contribution is -2.33. The first-order valence-electron chi connectivity index (χ1n) is 10.6. The summed E-state index contributed by atoms with van der Waals surface area (Å²) in [6.07, 6.45) is 1.53. The second-order valence-corrected chi connectivity index (χ2v) is 8.36. The fourth-order valence-electron chi connectivity index (χ4n) is 4.08. The van der Waals surface area contributed by atoms with E-state index in [2.05, 4.69) is 47.9 Å². The Labute approximate surface area is 189 Å². The van der Waals surface area contributed by atoms with Crippen LogP contribution in [0.15, 0.2) is 72.8 Å². The van der Waals surface area contributed by atoms with E-state index in [1.165, 1.54) is 11.1 Å². The zero-order valence-electron chi connectivity index (χ0n) is 17.9. The fourth-order valence-corrected chi connectivity index (χ4v) is 4.31. The van der Waals surface area contributed by atoms with Crippen molar-refractivity contribution >= 4 is 34.6 Å². The Bertz CT molecular complexity index is 1100. The number of nitrogens with one attached hydrogen (secondary N) is 2. The Morgan fingerprint density at radius 3 is 2.42 bits per heavy atom. The van der Waals surface area contributed by atoms with Crippen LogP contribution >= 0.6 is 12.2 Å². The molecule has 0 radical (unpaired) electrons. The van der Waals surface area contributed by atoms with Crippen LogP contribution < -0.4 is 15.5 Å². The van der Waals surface area contributed by atoms with Crippen LogP contribution in [0.5, 0.6) is 0 Å². The number of rotatable bonds is 5. The molecule has 3 aromatic rings. The zero-order chi connectivity index (χ0) is 21.8. The van der Waals surface area contributed by atoms with E-state index in [1.807, 2.05) is 54.3 Å². The summed E-state index contributed by atoms with van der Waals surface area (Å²) in [7, 11) is 0. The molecule has 3 aromatic carbocycles. The van der Waals surface area contributed by atoms with Gasteiger partial charge in [-0.05, 0) is 66.9 Å². The van der Waals surface area contributed by atoms with Crippen molar-refractivity contribution in [1.29, 1.82) is 0 Å². The van der Waals surface area contributed by atoms with E-state index in [0.717, 1.165) is 35.5 Å². The van der Waals surface area contributed by atoms with Crippen LogP contribution in [-0.2, 0) is 4.79 Å². The first-order chi connectivity index (χ1) is 15.0. The monoisotopic (exact) mass is 429 g/mol. The normalized spacial score (nSPS) is 14.4. The molecule has 1 amide bonds. The molecule has 1 unspecified atom stereocenters. The number of carbonyl (C=O) groups is 1. The van der Waals surface area contributed by atoms with E-state index < -0.39 is 0 Å². The van der Waals surface area contributed by atoms with Gasteiger partial charge in [-0.25, -0.2) is 0 Å². The number of benzene rings is 3. The molecule has 1 atom stereocenters. The molecule has 1 fully saturated rings. The van der Waals surface area contributed by atoms with E-state index in [9.17, 15) is 4.79 Å². The summed E-state index contributed by atoms with van der Waals surface area (Å²) in [6, 6.07) is 24.6. The van der Waals surface area contributed by atoms with Gasteiger partial charge in [0.15, 0.2) is 5.11 Å². The molecule has 0 spiro atoms. The molecule has 0 aliphatic carbocycles. The molecule has 1 saturated heterocycles. The summed E-state index contributed by atoms with van der Waals surface area (Å²) in [5.41, 5.74) is 6.44. The number of nitrogens with zero attached hydrogens (tertiary/aromatic N) is 1. The van der Waals surface area contributed by atoms with Crippen molar-refractivity contribution in [3.05, 3.63) is 95.1 Å². The summed E-state index contributed by atoms with van der Waals surface area (Å²) in [4.78, 5) is 14.1. The van der Waals surface area contributed by atoms with Crippen LogP contribution in [0.2, 0.25) is 0 Å². The highest BCUT2D eigenvalue weighted by Gasteiger charge is 2.23. The van der Waals surface area contributed by atoms with Gasteiger partial charge in [-0.15, -0.1) is 0 Å². The average Bonchev–Trinajstić information content (AvgIpc) is 3.20. The number of hydrogen-bond donors (Lipinski definition) is 2. The molecule has 0 aromatic heterocycles. The standard InChI is InChI=1S/C26H27N3OS/c1-18-9-6-7-12-22(18)25(20-10-4-3-5-11-20)28-26(31)27-21-15-14-19(2)23(17-21)29-16-8-13-24(29)30/h3-7,9-12,14-15,17,25H,8,13,16H2,1-2H3,(H2,27,28,31). The second kappa shape index (κ2) is 9.31. The number of anilines is 2. The molecule has 4 nitrogen and oxygen atoms in total. The zero-order valence-corrected chi connectivity index (χ0v) is 18.7. The number of amides is 1. The average molecular weight is 430 g/mol.